The van der Waals surface area contributed by atoms with Crippen LogP contribution < -0.4 is 5.32 Å². The molecule has 0 radical (unpaired) electrons. The van der Waals surface area contributed by atoms with E-state index in [1.165, 1.54) is 0 Å². The number of hydrogen-bond acceptors (Lipinski definition) is 1. The monoisotopic (exact) mass is 401 g/mol. The van der Waals surface area contributed by atoms with Crippen molar-refractivity contribution in [3.8, 4) is 0 Å². The van der Waals surface area contributed by atoms with Crippen molar-refractivity contribution in [3.63, 3.8) is 0 Å². The Labute approximate surface area is 133 Å². The van der Waals surface area contributed by atoms with Crippen LogP contribution in [0.5, 0.6) is 0 Å². The molecule has 0 fully saturated rings. The summed E-state index contributed by atoms with van der Waals surface area (Å²) in [5.41, 5.74) is 2.29. The molecule has 2 aromatic carbocycles. The van der Waals surface area contributed by atoms with Gasteiger partial charge in [-0.2, -0.15) is 0 Å². The minimum absolute atomic E-state index is 0.164. The Bertz CT molecular complexity index is 623. The number of aryl methyl sites for hydroxylation is 1. The first-order valence-corrected chi connectivity index (χ1v) is 7.46. The molecule has 2 aromatic rings. The van der Waals surface area contributed by atoms with Gasteiger partial charge >= 0.3 is 0 Å². The zero-order chi connectivity index (χ0) is 14.0. The van der Waals surface area contributed by atoms with E-state index in [1.54, 1.807) is 24.3 Å². The maximum absolute atomic E-state index is 12.1. The first-order valence-electron chi connectivity index (χ1n) is 5.49. The number of halogens is 3. The molecule has 0 saturated heterocycles. The van der Waals surface area contributed by atoms with Crippen molar-refractivity contribution in [1.29, 1.82) is 0 Å². The smallest absolute Gasteiger partial charge is 0.255 e. The fourth-order valence-corrected chi connectivity index (χ4v) is 2.68. The number of anilines is 1. The van der Waals surface area contributed by atoms with Crippen molar-refractivity contribution in [2.45, 2.75) is 6.92 Å². The largest absolute Gasteiger partial charge is 0.322 e. The van der Waals surface area contributed by atoms with Crippen molar-refractivity contribution in [2.24, 2.45) is 0 Å². The fraction of sp³-hybridized carbons (Fsp3) is 0.0714. The summed E-state index contributed by atoms with van der Waals surface area (Å²) in [7, 11) is 0. The summed E-state index contributed by atoms with van der Waals surface area (Å²) < 4.78 is 1.68. The Morgan fingerprint density at radius 2 is 1.89 bits per heavy atom. The highest BCUT2D eigenvalue weighted by atomic mass is 79.9. The molecule has 0 aliphatic heterocycles. The van der Waals surface area contributed by atoms with Crippen LogP contribution in [0.2, 0.25) is 5.02 Å². The number of amides is 1. The molecule has 0 aromatic heterocycles. The van der Waals surface area contributed by atoms with Crippen LogP contribution >= 0.6 is 43.5 Å². The molecule has 1 N–H and O–H groups in total. The van der Waals surface area contributed by atoms with Crippen molar-refractivity contribution < 1.29 is 4.79 Å². The highest BCUT2D eigenvalue weighted by molar-refractivity contribution is 9.10. The van der Waals surface area contributed by atoms with Crippen molar-refractivity contribution in [2.75, 3.05) is 5.32 Å². The molecule has 0 saturated carbocycles. The summed E-state index contributed by atoms with van der Waals surface area (Å²) in [6, 6.07) is 10.9. The molecule has 0 aliphatic carbocycles. The molecule has 2 nitrogen and oxygen atoms in total. The Balaban J connectivity index is 2.22. The lowest BCUT2D eigenvalue weighted by atomic mass is 10.1. The lowest BCUT2D eigenvalue weighted by molar-refractivity contribution is 0.102. The Morgan fingerprint density at radius 3 is 2.53 bits per heavy atom. The van der Waals surface area contributed by atoms with E-state index in [-0.39, 0.29) is 5.91 Å². The molecule has 1 amide bonds. The summed E-state index contributed by atoms with van der Waals surface area (Å²) in [5, 5.41) is 3.37. The average molecular weight is 404 g/mol. The zero-order valence-corrected chi connectivity index (χ0v) is 13.9. The molecule has 0 aliphatic rings. The third-order valence-electron chi connectivity index (χ3n) is 2.48. The minimum Gasteiger partial charge on any atom is -0.322 e. The van der Waals surface area contributed by atoms with Gasteiger partial charge in [0, 0.05) is 20.2 Å². The minimum atomic E-state index is -0.164. The van der Waals surface area contributed by atoms with Gasteiger partial charge in [0.25, 0.3) is 5.91 Å². The van der Waals surface area contributed by atoms with Crippen LogP contribution in [-0.2, 0) is 0 Å². The number of carbonyl (C=O) groups excluding carboxylic acids is 1. The molecule has 5 heteroatoms. The Hall–Kier alpha value is -0.840. The first kappa shape index (κ1) is 14.6. The lowest BCUT2D eigenvalue weighted by Gasteiger charge is -2.07. The van der Waals surface area contributed by atoms with Crippen LogP contribution in [0.3, 0.4) is 0 Å². The Morgan fingerprint density at radius 1 is 1.16 bits per heavy atom. The van der Waals surface area contributed by atoms with E-state index >= 15 is 0 Å². The van der Waals surface area contributed by atoms with Crippen molar-refractivity contribution >= 4 is 55.1 Å². The van der Waals surface area contributed by atoms with Crippen LogP contribution in [0.1, 0.15) is 15.9 Å². The molecular weight excluding hydrogens is 393 g/mol. The number of rotatable bonds is 2. The zero-order valence-electron chi connectivity index (χ0n) is 10.0. The van der Waals surface area contributed by atoms with Crippen LogP contribution in [0.4, 0.5) is 5.69 Å². The van der Waals surface area contributed by atoms with Gasteiger partial charge in [-0.05, 0) is 64.8 Å². The van der Waals surface area contributed by atoms with Gasteiger partial charge in [-0.25, -0.2) is 0 Å². The van der Waals surface area contributed by atoms with Gasteiger partial charge in [0.2, 0.25) is 0 Å². The first-order chi connectivity index (χ1) is 8.95. The second-order valence-electron chi connectivity index (χ2n) is 4.10. The van der Waals surface area contributed by atoms with E-state index < -0.39 is 0 Å². The van der Waals surface area contributed by atoms with Crippen LogP contribution in [0, 0.1) is 6.92 Å². The molecule has 2 rings (SSSR count). The van der Waals surface area contributed by atoms with E-state index in [0.29, 0.717) is 16.3 Å². The molecular formula is C14H10Br2ClNO. The number of benzene rings is 2. The van der Waals surface area contributed by atoms with Crippen LogP contribution in [-0.4, -0.2) is 5.91 Å². The third-order valence-corrected chi connectivity index (χ3v) is 4.17. The number of nitrogens with one attached hydrogen (secondary N) is 1. The second kappa shape index (κ2) is 6.07. The highest BCUT2D eigenvalue weighted by Crippen LogP contribution is 2.26. The Kier molecular flexibility index (Phi) is 4.66. The van der Waals surface area contributed by atoms with Gasteiger partial charge in [-0.1, -0.05) is 27.5 Å². The molecule has 98 valence electrons. The summed E-state index contributed by atoms with van der Waals surface area (Å²) in [6.45, 7) is 1.94. The predicted octanol–water partition coefficient (Wildman–Crippen LogP) is 5.43. The normalized spacial score (nSPS) is 10.3. The van der Waals surface area contributed by atoms with Gasteiger partial charge in [0.05, 0.1) is 5.02 Å². The van der Waals surface area contributed by atoms with Gasteiger partial charge < -0.3 is 5.32 Å². The second-order valence-corrected chi connectivity index (χ2v) is 6.28. The maximum Gasteiger partial charge on any atom is 0.255 e. The molecule has 0 bridgehead atoms. The van der Waals surface area contributed by atoms with E-state index in [4.69, 9.17) is 11.6 Å². The molecule has 0 atom stereocenters. The predicted molar refractivity (Wildman–Crippen MR) is 86.0 cm³/mol. The van der Waals surface area contributed by atoms with Gasteiger partial charge in [0.1, 0.15) is 0 Å². The van der Waals surface area contributed by atoms with Crippen LogP contribution in [0.15, 0.2) is 45.3 Å². The molecule has 0 spiro atoms. The van der Waals surface area contributed by atoms with E-state index in [9.17, 15) is 4.79 Å². The van der Waals surface area contributed by atoms with Crippen LogP contribution in [0.25, 0.3) is 0 Å². The van der Waals surface area contributed by atoms with E-state index in [2.05, 4.69) is 37.2 Å². The topological polar surface area (TPSA) is 29.1 Å². The average Bonchev–Trinajstić information content (AvgIpc) is 2.32. The molecule has 0 heterocycles. The molecule has 19 heavy (non-hydrogen) atoms. The standard InChI is InChI=1S/C14H10Br2ClNO/c1-8-4-9(6-10(15)5-8)14(19)18-11-2-3-12(16)13(17)7-11/h2-7H,1H3,(H,18,19). The molecule has 0 unspecified atom stereocenters. The third kappa shape index (κ3) is 3.81. The van der Waals surface area contributed by atoms with Crippen molar-refractivity contribution in [1.82, 2.24) is 0 Å². The lowest BCUT2D eigenvalue weighted by Crippen LogP contribution is -2.12. The van der Waals surface area contributed by atoms with Gasteiger partial charge in [-0.3, -0.25) is 4.79 Å². The van der Waals surface area contributed by atoms with E-state index in [0.717, 1.165) is 14.5 Å². The highest BCUT2D eigenvalue weighted by Gasteiger charge is 2.08. The van der Waals surface area contributed by atoms with Gasteiger partial charge in [0.15, 0.2) is 0 Å². The summed E-state index contributed by atoms with van der Waals surface area (Å²) in [5.74, 6) is -0.164. The fourth-order valence-electron chi connectivity index (χ4n) is 1.64. The maximum atomic E-state index is 12.1. The summed E-state index contributed by atoms with van der Waals surface area (Å²) in [4.78, 5) is 12.1. The van der Waals surface area contributed by atoms with Crippen molar-refractivity contribution in [3.05, 3.63) is 61.5 Å². The number of hydrogen-bond donors (Lipinski definition) is 1. The number of carbonyl (C=O) groups is 1. The summed E-state index contributed by atoms with van der Waals surface area (Å²) >= 11 is 12.7. The quantitative estimate of drug-likeness (QED) is 0.712. The van der Waals surface area contributed by atoms with Gasteiger partial charge in [-0.15, -0.1) is 0 Å². The SMILES string of the molecule is Cc1cc(Br)cc(C(=O)Nc2ccc(Br)c(Cl)c2)c1. The summed E-state index contributed by atoms with van der Waals surface area (Å²) in [6.07, 6.45) is 0. The van der Waals surface area contributed by atoms with E-state index in [1.807, 2.05) is 19.1 Å².